The SMILES string of the molecule is COC(=O)c1cccc(NC(=O)c2cnc(Nc3ccc(C#N)cc3)nc2)c1. The zero-order chi connectivity index (χ0) is 19.9. The van der Waals surface area contributed by atoms with Gasteiger partial charge in [-0.05, 0) is 42.5 Å². The fourth-order valence-corrected chi connectivity index (χ4v) is 2.31. The minimum Gasteiger partial charge on any atom is -0.465 e. The van der Waals surface area contributed by atoms with Crippen molar-refractivity contribution in [2.24, 2.45) is 0 Å². The third-order valence-corrected chi connectivity index (χ3v) is 3.73. The number of anilines is 3. The number of hydrogen-bond acceptors (Lipinski definition) is 7. The topological polar surface area (TPSA) is 117 Å². The molecule has 1 aromatic heterocycles. The van der Waals surface area contributed by atoms with E-state index in [-0.39, 0.29) is 5.56 Å². The third kappa shape index (κ3) is 4.47. The van der Waals surface area contributed by atoms with Gasteiger partial charge in [0.05, 0.1) is 29.9 Å². The number of rotatable bonds is 5. The van der Waals surface area contributed by atoms with Gasteiger partial charge in [0, 0.05) is 23.8 Å². The second-order valence-electron chi connectivity index (χ2n) is 5.64. The predicted molar refractivity (Wildman–Crippen MR) is 102 cm³/mol. The number of carbonyl (C=O) groups is 2. The molecule has 2 N–H and O–H groups in total. The van der Waals surface area contributed by atoms with Gasteiger partial charge in [-0.25, -0.2) is 14.8 Å². The molecule has 0 bridgehead atoms. The van der Waals surface area contributed by atoms with Crippen molar-refractivity contribution in [1.29, 1.82) is 5.26 Å². The Morgan fingerprint density at radius 1 is 1.00 bits per heavy atom. The van der Waals surface area contributed by atoms with Crippen molar-refractivity contribution in [3.8, 4) is 6.07 Å². The van der Waals surface area contributed by atoms with Gasteiger partial charge in [-0.2, -0.15) is 5.26 Å². The van der Waals surface area contributed by atoms with Gasteiger partial charge in [-0.1, -0.05) is 6.07 Å². The third-order valence-electron chi connectivity index (χ3n) is 3.73. The molecule has 0 unspecified atom stereocenters. The van der Waals surface area contributed by atoms with E-state index in [0.717, 1.165) is 5.69 Å². The van der Waals surface area contributed by atoms with Gasteiger partial charge in [-0.3, -0.25) is 4.79 Å². The van der Waals surface area contributed by atoms with Crippen LogP contribution in [0.2, 0.25) is 0 Å². The smallest absolute Gasteiger partial charge is 0.337 e. The lowest BCUT2D eigenvalue weighted by Crippen LogP contribution is -2.13. The van der Waals surface area contributed by atoms with Crippen LogP contribution in [-0.2, 0) is 4.74 Å². The molecule has 3 aromatic rings. The van der Waals surface area contributed by atoms with E-state index in [1.165, 1.54) is 25.6 Å². The van der Waals surface area contributed by atoms with Crippen LogP contribution in [0.4, 0.5) is 17.3 Å². The molecule has 0 fully saturated rings. The minimum atomic E-state index is -0.488. The summed E-state index contributed by atoms with van der Waals surface area (Å²) in [7, 11) is 1.29. The Labute approximate surface area is 160 Å². The van der Waals surface area contributed by atoms with E-state index in [1.807, 2.05) is 6.07 Å². The van der Waals surface area contributed by atoms with Crippen LogP contribution in [0.1, 0.15) is 26.3 Å². The van der Waals surface area contributed by atoms with E-state index in [9.17, 15) is 9.59 Å². The van der Waals surface area contributed by atoms with Gasteiger partial charge < -0.3 is 15.4 Å². The highest BCUT2D eigenvalue weighted by Crippen LogP contribution is 2.15. The summed E-state index contributed by atoms with van der Waals surface area (Å²) in [4.78, 5) is 32.1. The molecule has 0 aliphatic rings. The molecule has 3 rings (SSSR count). The van der Waals surface area contributed by atoms with Crippen molar-refractivity contribution >= 4 is 29.2 Å². The average molecular weight is 373 g/mol. The average Bonchev–Trinajstić information content (AvgIpc) is 2.74. The Morgan fingerprint density at radius 3 is 2.36 bits per heavy atom. The van der Waals surface area contributed by atoms with Gasteiger partial charge >= 0.3 is 5.97 Å². The standard InChI is InChI=1S/C20H15N5O3/c1-28-19(27)14-3-2-4-17(9-14)24-18(26)15-11-22-20(23-12-15)25-16-7-5-13(10-21)6-8-16/h2-9,11-12H,1H3,(H,24,26)(H,22,23,25). The molecule has 138 valence electrons. The molecule has 1 heterocycles. The lowest BCUT2D eigenvalue weighted by Gasteiger charge is -2.08. The van der Waals surface area contributed by atoms with Gasteiger partial charge in [0.1, 0.15) is 0 Å². The maximum absolute atomic E-state index is 12.3. The predicted octanol–water partition coefficient (Wildman–Crippen LogP) is 3.13. The molecule has 8 heteroatoms. The number of benzene rings is 2. The van der Waals surface area contributed by atoms with Crippen LogP contribution < -0.4 is 10.6 Å². The minimum absolute atomic E-state index is 0.258. The maximum atomic E-state index is 12.3. The number of nitriles is 1. The number of nitrogens with zero attached hydrogens (tertiary/aromatic N) is 3. The summed E-state index contributed by atoms with van der Waals surface area (Å²) < 4.78 is 4.66. The zero-order valence-corrected chi connectivity index (χ0v) is 14.8. The monoisotopic (exact) mass is 373 g/mol. The molecular weight excluding hydrogens is 358 g/mol. The summed E-state index contributed by atoms with van der Waals surface area (Å²) in [6.07, 6.45) is 2.77. The zero-order valence-electron chi connectivity index (χ0n) is 14.8. The molecule has 0 saturated heterocycles. The highest BCUT2D eigenvalue weighted by Gasteiger charge is 2.10. The summed E-state index contributed by atoms with van der Waals surface area (Å²) >= 11 is 0. The van der Waals surface area contributed by atoms with Gasteiger partial charge in [-0.15, -0.1) is 0 Å². The molecule has 0 spiro atoms. The second kappa shape index (κ2) is 8.42. The second-order valence-corrected chi connectivity index (χ2v) is 5.64. The van der Waals surface area contributed by atoms with E-state index in [1.54, 1.807) is 42.5 Å². The molecule has 1 amide bonds. The maximum Gasteiger partial charge on any atom is 0.337 e. The van der Waals surface area contributed by atoms with Gasteiger partial charge in [0.2, 0.25) is 5.95 Å². The van der Waals surface area contributed by atoms with Crippen molar-refractivity contribution < 1.29 is 14.3 Å². The quantitative estimate of drug-likeness (QED) is 0.660. The molecule has 0 saturated carbocycles. The number of hydrogen-bond donors (Lipinski definition) is 2. The van der Waals surface area contributed by atoms with Crippen molar-refractivity contribution in [2.75, 3.05) is 17.7 Å². The van der Waals surface area contributed by atoms with Gasteiger partial charge in [0.25, 0.3) is 5.91 Å². The van der Waals surface area contributed by atoms with E-state index in [2.05, 4.69) is 25.3 Å². The molecule has 0 radical (unpaired) electrons. The van der Waals surface area contributed by atoms with E-state index in [4.69, 9.17) is 5.26 Å². The van der Waals surface area contributed by atoms with Crippen LogP contribution in [0, 0.1) is 11.3 Å². The molecular formula is C20H15N5O3. The lowest BCUT2D eigenvalue weighted by atomic mass is 10.2. The van der Waals surface area contributed by atoms with Crippen LogP contribution in [0.3, 0.4) is 0 Å². The fraction of sp³-hybridized carbons (Fsp3) is 0.0500. The van der Waals surface area contributed by atoms with Crippen LogP contribution in [-0.4, -0.2) is 29.0 Å². The largest absolute Gasteiger partial charge is 0.465 e. The number of methoxy groups -OCH3 is 1. The highest BCUT2D eigenvalue weighted by atomic mass is 16.5. The van der Waals surface area contributed by atoms with Crippen molar-refractivity contribution in [3.63, 3.8) is 0 Å². The molecule has 0 atom stereocenters. The van der Waals surface area contributed by atoms with E-state index in [0.29, 0.717) is 22.8 Å². The first-order chi connectivity index (χ1) is 13.6. The number of ether oxygens (including phenoxy) is 1. The first-order valence-electron chi connectivity index (χ1n) is 8.18. The Balaban J connectivity index is 1.66. The van der Waals surface area contributed by atoms with Crippen molar-refractivity contribution in [2.45, 2.75) is 0 Å². The first kappa shape index (κ1) is 18.5. The normalized spacial score (nSPS) is 9.86. The van der Waals surface area contributed by atoms with Crippen LogP contribution in [0.25, 0.3) is 0 Å². The molecule has 2 aromatic carbocycles. The van der Waals surface area contributed by atoms with Crippen LogP contribution >= 0.6 is 0 Å². The van der Waals surface area contributed by atoms with Crippen molar-refractivity contribution in [1.82, 2.24) is 9.97 Å². The molecule has 0 aliphatic heterocycles. The van der Waals surface area contributed by atoms with E-state index >= 15 is 0 Å². The number of esters is 1. The summed E-state index contributed by atoms with van der Waals surface area (Å²) in [6, 6.07) is 15.3. The Hall–Kier alpha value is -4.25. The number of amides is 1. The Bertz CT molecular complexity index is 1040. The highest BCUT2D eigenvalue weighted by molar-refractivity contribution is 6.04. The fourth-order valence-electron chi connectivity index (χ4n) is 2.31. The number of nitrogens with one attached hydrogen (secondary N) is 2. The molecule has 0 aliphatic carbocycles. The summed E-state index contributed by atoms with van der Waals surface area (Å²) in [5, 5.41) is 14.5. The van der Waals surface area contributed by atoms with Crippen molar-refractivity contribution in [3.05, 3.63) is 77.6 Å². The number of aromatic nitrogens is 2. The van der Waals surface area contributed by atoms with Crippen LogP contribution in [0.15, 0.2) is 60.9 Å². The summed E-state index contributed by atoms with van der Waals surface area (Å²) in [5.74, 6) is -0.585. The first-order valence-corrected chi connectivity index (χ1v) is 8.18. The van der Waals surface area contributed by atoms with Crippen LogP contribution in [0.5, 0.6) is 0 Å². The number of carbonyl (C=O) groups excluding carboxylic acids is 2. The van der Waals surface area contributed by atoms with E-state index < -0.39 is 11.9 Å². The lowest BCUT2D eigenvalue weighted by molar-refractivity contribution is 0.0600. The molecule has 28 heavy (non-hydrogen) atoms. The summed E-state index contributed by atoms with van der Waals surface area (Å²) in [5.41, 5.74) is 2.31. The Kier molecular flexibility index (Phi) is 5.58. The molecule has 8 nitrogen and oxygen atoms in total. The van der Waals surface area contributed by atoms with Gasteiger partial charge in [0.15, 0.2) is 0 Å². The summed E-state index contributed by atoms with van der Waals surface area (Å²) in [6.45, 7) is 0. The Morgan fingerprint density at radius 2 is 1.71 bits per heavy atom.